The number of fused-ring (bicyclic) bond motifs is 1. The highest BCUT2D eigenvalue weighted by Gasteiger charge is 2.16. The first-order chi connectivity index (χ1) is 12.8. The molecule has 0 aromatic carbocycles. The van der Waals surface area contributed by atoms with E-state index in [9.17, 15) is 24.0 Å². The number of nitrogens with zero attached hydrogens (tertiary/aromatic N) is 4. The average Bonchev–Trinajstić information content (AvgIpc) is 3.05. The number of aryl methyl sites for hydroxylation is 2. The van der Waals surface area contributed by atoms with E-state index < -0.39 is 35.8 Å². The van der Waals surface area contributed by atoms with Crippen molar-refractivity contribution in [3.63, 3.8) is 0 Å². The Labute approximate surface area is 152 Å². The summed E-state index contributed by atoms with van der Waals surface area (Å²) in [6, 6.07) is -0.676. The number of amides is 3. The molecule has 2 N–H and O–H groups in total. The summed E-state index contributed by atoms with van der Waals surface area (Å²) in [4.78, 5) is 62.6. The van der Waals surface area contributed by atoms with E-state index in [1.165, 1.54) is 29.6 Å². The number of carbonyl (C=O) groups is 3. The van der Waals surface area contributed by atoms with E-state index in [1.54, 1.807) is 6.92 Å². The van der Waals surface area contributed by atoms with Gasteiger partial charge in [-0.25, -0.2) is 14.6 Å². The van der Waals surface area contributed by atoms with Crippen molar-refractivity contribution in [2.45, 2.75) is 19.9 Å². The molecule has 2 aromatic rings. The number of urea groups is 1. The predicted molar refractivity (Wildman–Crippen MR) is 93.0 cm³/mol. The molecule has 0 bridgehead atoms. The highest BCUT2D eigenvalue weighted by atomic mass is 16.5. The summed E-state index contributed by atoms with van der Waals surface area (Å²) in [5, 5.41) is 4.36. The molecular weight excluding hydrogens is 360 g/mol. The second-order valence-corrected chi connectivity index (χ2v) is 5.63. The predicted octanol–water partition coefficient (Wildman–Crippen LogP) is -1.79. The van der Waals surface area contributed by atoms with Crippen LogP contribution in [0.25, 0.3) is 11.2 Å². The third-order valence-electron chi connectivity index (χ3n) is 3.73. The van der Waals surface area contributed by atoms with Gasteiger partial charge in [-0.1, -0.05) is 0 Å². The van der Waals surface area contributed by atoms with E-state index in [0.717, 1.165) is 4.57 Å². The van der Waals surface area contributed by atoms with Gasteiger partial charge in [-0.2, -0.15) is 0 Å². The molecule has 0 atom stereocenters. The maximum atomic E-state index is 12.3. The Kier molecular flexibility index (Phi) is 6.11. The number of nitrogens with one attached hydrogen (secondary N) is 2. The molecule has 0 unspecified atom stereocenters. The first-order valence-electron chi connectivity index (χ1n) is 8.10. The molecule has 2 heterocycles. The lowest BCUT2D eigenvalue weighted by Gasteiger charge is -2.08. The Balaban J connectivity index is 1.98. The minimum atomic E-state index is -0.758. The lowest BCUT2D eigenvalue weighted by molar-refractivity contribution is -0.148. The summed E-state index contributed by atoms with van der Waals surface area (Å²) in [6.45, 7) is 1.51. The Morgan fingerprint density at radius 2 is 1.89 bits per heavy atom. The van der Waals surface area contributed by atoms with Crippen molar-refractivity contribution in [2.24, 2.45) is 14.1 Å². The summed E-state index contributed by atoms with van der Waals surface area (Å²) < 4.78 is 8.41. The number of carbonyl (C=O) groups excluding carboxylic acids is 3. The zero-order valence-electron chi connectivity index (χ0n) is 15.1. The highest BCUT2D eigenvalue weighted by molar-refractivity contribution is 5.95. The normalized spacial score (nSPS) is 10.6. The first-order valence-corrected chi connectivity index (χ1v) is 8.10. The zero-order chi connectivity index (χ0) is 20.1. The van der Waals surface area contributed by atoms with Gasteiger partial charge >= 0.3 is 17.7 Å². The van der Waals surface area contributed by atoms with E-state index >= 15 is 0 Å². The Morgan fingerprint density at radius 1 is 1.19 bits per heavy atom. The molecule has 2 rings (SSSR count). The SMILES string of the molecule is CCNC(=O)NC(=O)COC(=O)CCn1cnc2c1c(=O)n(C)c(=O)n2C. The second-order valence-electron chi connectivity index (χ2n) is 5.63. The summed E-state index contributed by atoms with van der Waals surface area (Å²) in [5.41, 5.74) is -0.644. The van der Waals surface area contributed by atoms with Crippen LogP contribution in [0.15, 0.2) is 15.9 Å². The number of rotatable bonds is 6. The van der Waals surface area contributed by atoms with Gasteiger partial charge in [-0.15, -0.1) is 0 Å². The minimum Gasteiger partial charge on any atom is -0.456 e. The number of aromatic nitrogens is 4. The van der Waals surface area contributed by atoms with Crippen molar-refractivity contribution in [2.75, 3.05) is 13.2 Å². The maximum absolute atomic E-state index is 12.3. The number of esters is 1. The number of hydrogen-bond donors (Lipinski definition) is 2. The molecule has 27 heavy (non-hydrogen) atoms. The van der Waals surface area contributed by atoms with Gasteiger partial charge in [-0.3, -0.25) is 28.8 Å². The first kappa shape index (κ1) is 19.9. The molecule has 12 heteroatoms. The summed E-state index contributed by atoms with van der Waals surface area (Å²) in [6.07, 6.45) is 1.21. The van der Waals surface area contributed by atoms with Crippen LogP contribution in [0.4, 0.5) is 4.79 Å². The molecule has 2 aromatic heterocycles. The van der Waals surface area contributed by atoms with Crippen molar-refractivity contribution in [3.05, 3.63) is 27.2 Å². The molecule has 12 nitrogen and oxygen atoms in total. The fraction of sp³-hybridized carbons (Fsp3) is 0.467. The van der Waals surface area contributed by atoms with Crippen LogP contribution in [0.2, 0.25) is 0 Å². The molecule has 3 amide bonds. The lowest BCUT2D eigenvalue weighted by Crippen LogP contribution is -2.41. The van der Waals surface area contributed by atoms with Gasteiger partial charge in [0.05, 0.1) is 12.7 Å². The summed E-state index contributed by atoms with van der Waals surface area (Å²) in [7, 11) is 2.84. The van der Waals surface area contributed by atoms with E-state index in [0.29, 0.717) is 6.54 Å². The Morgan fingerprint density at radius 3 is 2.56 bits per heavy atom. The zero-order valence-corrected chi connectivity index (χ0v) is 15.1. The lowest BCUT2D eigenvalue weighted by atomic mass is 10.4. The van der Waals surface area contributed by atoms with Crippen LogP contribution in [-0.4, -0.2) is 49.7 Å². The molecule has 0 fully saturated rings. The van der Waals surface area contributed by atoms with Crippen LogP contribution in [-0.2, 0) is 35.0 Å². The third-order valence-corrected chi connectivity index (χ3v) is 3.73. The molecule has 0 saturated carbocycles. The van der Waals surface area contributed by atoms with Crippen molar-refractivity contribution in [1.82, 2.24) is 29.3 Å². The van der Waals surface area contributed by atoms with Crippen LogP contribution in [0.1, 0.15) is 13.3 Å². The summed E-state index contributed by atoms with van der Waals surface area (Å²) in [5.74, 6) is -1.45. The van der Waals surface area contributed by atoms with Crippen LogP contribution in [0.3, 0.4) is 0 Å². The van der Waals surface area contributed by atoms with Crippen LogP contribution in [0, 0.1) is 0 Å². The quantitative estimate of drug-likeness (QED) is 0.563. The Hall–Kier alpha value is -3.44. The van der Waals surface area contributed by atoms with Crippen molar-refractivity contribution < 1.29 is 19.1 Å². The van der Waals surface area contributed by atoms with Gasteiger partial charge in [0.1, 0.15) is 0 Å². The van der Waals surface area contributed by atoms with Crippen molar-refractivity contribution in [3.8, 4) is 0 Å². The van der Waals surface area contributed by atoms with Crippen LogP contribution in [0.5, 0.6) is 0 Å². The molecule has 0 spiro atoms. The van der Waals surface area contributed by atoms with E-state index in [2.05, 4.69) is 10.3 Å². The molecular formula is C15H20N6O6. The fourth-order valence-electron chi connectivity index (χ4n) is 2.36. The number of hydrogen-bond acceptors (Lipinski definition) is 7. The third kappa shape index (κ3) is 4.40. The van der Waals surface area contributed by atoms with Crippen LogP contribution >= 0.6 is 0 Å². The van der Waals surface area contributed by atoms with Gasteiger partial charge in [0.2, 0.25) is 0 Å². The average molecular weight is 380 g/mol. The molecule has 146 valence electrons. The van der Waals surface area contributed by atoms with Gasteiger partial charge in [0, 0.05) is 27.2 Å². The van der Waals surface area contributed by atoms with Gasteiger partial charge < -0.3 is 14.6 Å². The molecule has 0 aliphatic rings. The van der Waals surface area contributed by atoms with Crippen molar-refractivity contribution in [1.29, 1.82) is 0 Å². The second kappa shape index (κ2) is 8.29. The standard InChI is InChI=1S/C15H20N6O6/c1-4-16-14(25)18-9(22)7-27-10(23)5-6-21-8-17-12-11(21)13(24)20(3)15(26)19(12)2/h8H,4-7H2,1-3H3,(H2,16,18,22,25). The topological polar surface area (TPSA) is 146 Å². The fourth-order valence-corrected chi connectivity index (χ4v) is 2.36. The number of imide groups is 1. The molecule has 0 radical (unpaired) electrons. The van der Waals surface area contributed by atoms with Gasteiger partial charge in [0.25, 0.3) is 11.5 Å². The smallest absolute Gasteiger partial charge is 0.332 e. The number of ether oxygens (including phenoxy) is 1. The maximum Gasteiger partial charge on any atom is 0.332 e. The number of imidazole rings is 1. The van der Waals surface area contributed by atoms with E-state index in [1.807, 2.05) is 5.32 Å². The Bertz CT molecular complexity index is 1000. The van der Waals surface area contributed by atoms with E-state index in [4.69, 9.17) is 4.74 Å². The molecule has 0 saturated heterocycles. The van der Waals surface area contributed by atoms with Gasteiger partial charge in [-0.05, 0) is 6.92 Å². The van der Waals surface area contributed by atoms with Crippen LogP contribution < -0.4 is 21.9 Å². The van der Waals surface area contributed by atoms with E-state index in [-0.39, 0.29) is 24.1 Å². The molecule has 0 aliphatic carbocycles. The minimum absolute atomic E-state index is 0.0702. The van der Waals surface area contributed by atoms with Crippen molar-refractivity contribution >= 4 is 29.1 Å². The highest BCUT2D eigenvalue weighted by Crippen LogP contribution is 2.06. The monoisotopic (exact) mass is 380 g/mol. The molecule has 0 aliphatic heterocycles. The largest absolute Gasteiger partial charge is 0.456 e. The summed E-state index contributed by atoms with van der Waals surface area (Å²) >= 11 is 0. The van der Waals surface area contributed by atoms with Gasteiger partial charge in [0.15, 0.2) is 17.8 Å².